The van der Waals surface area contributed by atoms with Crippen molar-refractivity contribution in [1.82, 2.24) is 14.9 Å². The highest BCUT2D eigenvalue weighted by Crippen LogP contribution is 2.34. The van der Waals surface area contributed by atoms with Crippen molar-refractivity contribution in [2.75, 3.05) is 13.2 Å². The van der Waals surface area contributed by atoms with Crippen LogP contribution in [-0.2, 0) is 6.54 Å². The topological polar surface area (TPSA) is 48.3 Å². The lowest BCUT2D eigenvalue weighted by Crippen LogP contribution is -2.25. The number of fused-ring (bicyclic) bond motifs is 1. The van der Waals surface area contributed by atoms with Gasteiger partial charge in [-0.2, -0.15) is 0 Å². The van der Waals surface area contributed by atoms with Crippen molar-refractivity contribution in [3.05, 3.63) is 72.3 Å². The van der Waals surface area contributed by atoms with E-state index in [2.05, 4.69) is 60.5 Å². The molecule has 1 aromatic heterocycles. The molecule has 0 saturated carbocycles. The molecular weight excluding hydrogens is 338 g/mol. The Morgan fingerprint density at radius 3 is 2.52 bits per heavy atom. The van der Waals surface area contributed by atoms with Gasteiger partial charge in [0.05, 0.1) is 6.33 Å². The van der Waals surface area contributed by atoms with Crippen LogP contribution in [0.5, 0.6) is 11.5 Å². The van der Waals surface area contributed by atoms with Crippen LogP contribution < -0.4 is 14.8 Å². The lowest BCUT2D eigenvalue weighted by atomic mass is 9.95. The molecule has 0 spiro atoms. The quantitative estimate of drug-likeness (QED) is 0.715. The summed E-state index contributed by atoms with van der Waals surface area (Å²) in [5, 5.41) is 3.70. The van der Waals surface area contributed by atoms with E-state index in [0.717, 1.165) is 23.7 Å². The number of aromatic nitrogens is 2. The fraction of sp³-hybridized carbons (Fsp3) is 0.318. The summed E-state index contributed by atoms with van der Waals surface area (Å²) >= 11 is 0. The van der Waals surface area contributed by atoms with E-state index < -0.39 is 0 Å². The van der Waals surface area contributed by atoms with Crippen LogP contribution in [0.3, 0.4) is 0 Å². The molecular formula is C22H25N3O2. The van der Waals surface area contributed by atoms with Gasteiger partial charge in [0.1, 0.15) is 13.2 Å². The molecule has 0 saturated heterocycles. The van der Waals surface area contributed by atoms with Gasteiger partial charge in [0, 0.05) is 30.7 Å². The Labute approximate surface area is 160 Å². The molecule has 1 aliphatic heterocycles. The van der Waals surface area contributed by atoms with Gasteiger partial charge in [-0.3, -0.25) is 0 Å². The second-order valence-electron chi connectivity index (χ2n) is 7.14. The van der Waals surface area contributed by atoms with Gasteiger partial charge < -0.3 is 19.4 Å². The van der Waals surface area contributed by atoms with E-state index in [9.17, 15) is 0 Å². The van der Waals surface area contributed by atoms with Gasteiger partial charge in [-0.25, -0.2) is 4.98 Å². The highest BCUT2D eigenvalue weighted by molar-refractivity contribution is 5.45. The lowest BCUT2D eigenvalue weighted by Gasteiger charge is -2.25. The van der Waals surface area contributed by atoms with E-state index in [0.29, 0.717) is 19.1 Å². The van der Waals surface area contributed by atoms with Crippen LogP contribution in [0.4, 0.5) is 0 Å². The normalized spacial score (nSPS) is 14.3. The van der Waals surface area contributed by atoms with E-state index in [1.54, 1.807) is 6.20 Å². The van der Waals surface area contributed by atoms with Crippen molar-refractivity contribution in [3.8, 4) is 17.2 Å². The molecule has 1 N–H and O–H groups in total. The number of ether oxygens (including phenoxy) is 2. The van der Waals surface area contributed by atoms with Gasteiger partial charge in [-0.15, -0.1) is 0 Å². The first-order chi connectivity index (χ1) is 13.2. The van der Waals surface area contributed by atoms with E-state index in [1.165, 1.54) is 11.1 Å². The molecule has 2 aromatic carbocycles. The molecule has 5 nitrogen and oxygen atoms in total. The molecule has 27 heavy (non-hydrogen) atoms. The summed E-state index contributed by atoms with van der Waals surface area (Å²) in [6.07, 6.45) is 5.55. The summed E-state index contributed by atoms with van der Waals surface area (Å²) in [6, 6.07) is 15.0. The predicted octanol–water partition coefficient (Wildman–Crippen LogP) is 4.13. The van der Waals surface area contributed by atoms with Gasteiger partial charge in [0.2, 0.25) is 0 Å². The largest absolute Gasteiger partial charge is 0.486 e. The zero-order chi connectivity index (χ0) is 18.6. The molecule has 0 bridgehead atoms. The Kier molecular flexibility index (Phi) is 5.12. The number of hydrogen-bond acceptors (Lipinski definition) is 4. The molecule has 5 heteroatoms. The number of nitrogens with zero attached hydrogens (tertiary/aromatic N) is 2. The molecule has 0 radical (unpaired) electrons. The van der Waals surface area contributed by atoms with E-state index in [1.807, 2.05) is 23.2 Å². The predicted molar refractivity (Wildman–Crippen MR) is 105 cm³/mol. The first kappa shape index (κ1) is 17.6. The molecule has 4 rings (SSSR count). The van der Waals surface area contributed by atoms with Crippen LogP contribution in [0.25, 0.3) is 5.69 Å². The zero-order valence-electron chi connectivity index (χ0n) is 15.8. The van der Waals surface area contributed by atoms with Gasteiger partial charge in [0.15, 0.2) is 11.5 Å². The summed E-state index contributed by atoms with van der Waals surface area (Å²) < 4.78 is 13.4. The third-order valence-corrected chi connectivity index (χ3v) is 4.86. The lowest BCUT2D eigenvalue weighted by molar-refractivity contribution is 0.171. The maximum Gasteiger partial charge on any atom is 0.161 e. The summed E-state index contributed by atoms with van der Waals surface area (Å²) in [5.74, 6) is 2.14. The summed E-state index contributed by atoms with van der Waals surface area (Å²) in [7, 11) is 0. The number of nitrogens with one attached hydrogen (secondary N) is 1. The summed E-state index contributed by atoms with van der Waals surface area (Å²) in [5.41, 5.74) is 3.59. The minimum atomic E-state index is 0.245. The van der Waals surface area contributed by atoms with Crippen LogP contribution in [0.2, 0.25) is 0 Å². The van der Waals surface area contributed by atoms with E-state index in [4.69, 9.17) is 9.47 Å². The third kappa shape index (κ3) is 3.98. The highest BCUT2D eigenvalue weighted by Gasteiger charge is 2.19. The first-order valence-corrected chi connectivity index (χ1v) is 9.41. The van der Waals surface area contributed by atoms with Crippen LogP contribution in [0.1, 0.15) is 31.0 Å². The van der Waals surface area contributed by atoms with Crippen molar-refractivity contribution < 1.29 is 9.47 Å². The molecule has 1 unspecified atom stereocenters. The maximum absolute atomic E-state index is 5.75. The van der Waals surface area contributed by atoms with E-state index in [-0.39, 0.29) is 6.04 Å². The van der Waals surface area contributed by atoms with Crippen LogP contribution >= 0.6 is 0 Å². The Bertz CT molecular complexity index is 873. The van der Waals surface area contributed by atoms with Crippen LogP contribution in [0, 0.1) is 5.92 Å². The van der Waals surface area contributed by atoms with Gasteiger partial charge in [0.25, 0.3) is 0 Å². The van der Waals surface area contributed by atoms with Crippen molar-refractivity contribution in [1.29, 1.82) is 0 Å². The molecule has 140 valence electrons. The van der Waals surface area contributed by atoms with Gasteiger partial charge in [-0.1, -0.05) is 32.0 Å². The Hall–Kier alpha value is -2.79. The third-order valence-electron chi connectivity index (χ3n) is 4.86. The van der Waals surface area contributed by atoms with Gasteiger partial charge >= 0.3 is 0 Å². The number of hydrogen-bond donors (Lipinski definition) is 1. The molecule has 1 aliphatic rings. The molecule has 3 aromatic rings. The SMILES string of the molecule is CC(C)C(NCc1ccc(-n2ccnc2)cc1)c1ccc2c(c1)OCCO2. The summed E-state index contributed by atoms with van der Waals surface area (Å²) in [4.78, 5) is 4.10. The Morgan fingerprint density at radius 2 is 1.81 bits per heavy atom. The molecule has 0 amide bonds. The second-order valence-corrected chi connectivity index (χ2v) is 7.14. The highest BCUT2D eigenvalue weighted by atomic mass is 16.6. The summed E-state index contributed by atoms with van der Waals surface area (Å²) in [6.45, 7) is 6.50. The van der Waals surface area contributed by atoms with Crippen LogP contribution in [0.15, 0.2) is 61.2 Å². The number of rotatable bonds is 6. The average molecular weight is 363 g/mol. The monoisotopic (exact) mass is 363 g/mol. The Balaban J connectivity index is 1.46. The minimum absolute atomic E-state index is 0.245. The number of imidazole rings is 1. The molecule has 2 heterocycles. The maximum atomic E-state index is 5.75. The second kappa shape index (κ2) is 7.84. The number of benzene rings is 2. The van der Waals surface area contributed by atoms with Crippen molar-refractivity contribution in [2.45, 2.75) is 26.4 Å². The fourth-order valence-electron chi connectivity index (χ4n) is 3.42. The van der Waals surface area contributed by atoms with E-state index >= 15 is 0 Å². The molecule has 0 fully saturated rings. The smallest absolute Gasteiger partial charge is 0.161 e. The van der Waals surface area contributed by atoms with Crippen molar-refractivity contribution in [3.63, 3.8) is 0 Å². The standard InChI is InChI=1S/C22H25N3O2/c1-16(2)22(18-5-8-20-21(13-18)27-12-11-26-20)24-14-17-3-6-19(7-4-17)25-10-9-23-15-25/h3-10,13,15-16,22,24H,11-12,14H2,1-2H3. The first-order valence-electron chi connectivity index (χ1n) is 9.41. The molecule has 0 aliphatic carbocycles. The Morgan fingerprint density at radius 1 is 1.04 bits per heavy atom. The van der Waals surface area contributed by atoms with Crippen molar-refractivity contribution >= 4 is 0 Å². The average Bonchev–Trinajstić information content (AvgIpc) is 3.23. The fourth-order valence-corrected chi connectivity index (χ4v) is 3.42. The zero-order valence-corrected chi connectivity index (χ0v) is 15.8. The molecule has 1 atom stereocenters. The van der Waals surface area contributed by atoms with Crippen LogP contribution in [-0.4, -0.2) is 22.8 Å². The minimum Gasteiger partial charge on any atom is -0.486 e. The van der Waals surface area contributed by atoms with Gasteiger partial charge in [-0.05, 0) is 41.3 Å². The van der Waals surface area contributed by atoms with Crippen molar-refractivity contribution in [2.24, 2.45) is 5.92 Å².